The second-order valence-electron chi connectivity index (χ2n) is 5.03. The van der Waals surface area contributed by atoms with Gasteiger partial charge in [-0.3, -0.25) is 4.79 Å². The molecule has 0 spiro atoms. The van der Waals surface area contributed by atoms with Crippen molar-refractivity contribution in [2.24, 2.45) is 5.92 Å². The number of rotatable bonds is 4. The Morgan fingerprint density at radius 1 is 1.39 bits per heavy atom. The van der Waals surface area contributed by atoms with Crippen LogP contribution in [0.5, 0.6) is 0 Å². The van der Waals surface area contributed by atoms with E-state index in [2.05, 4.69) is 37.1 Å². The molecule has 2 N–H and O–H groups in total. The second kappa shape index (κ2) is 5.25. The summed E-state index contributed by atoms with van der Waals surface area (Å²) >= 11 is 0. The molecule has 2 aromatic rings. The van der Waals surface area contributed by atoms with Gasteiger partial charge in [0.1, 0.15) is 0 Å². The Kier molecular flexibility index (Phi) is 3.70. The van der Waals surface area contributed by atoms with Gasteiger partial charge >= 0.3 is 0 Å². The molecular weight excluding hydrogens is 224 g/mol. The first-order valence-electron chi connectivity index (χ1n) is 6.50. The van der Waals surface area contributed by atoms with Gasteiger partial charge < -0.3 is 10.3 Å². The number of nitrogens with one attached hydrogen (secondary N) is 2. The topological polar surface area (TPSA) is 44.9 Å². The molecule has 0 aliphatic rings. The molecule has 1 aromatic heterocycles. The van der Waals surface area contributed by atoms with Gasteiger partial charge in [-0.25, -0.2) is 0 Å². The number of hydrogen-bond acceptors (Lipinski definition) is 1. The van der Waals surface area contributed by atoms with Crippen LogP contribution in [-0.4, -0.2) is 17.4 Å². The van der Waals surface area contributed by atoms with Crippen molar-refractivity contribution in [2.45, 2.75) is 27.2 Å². The van der Waals surface area contributed by atoms with Crippen LogP contribution in [0.25, 0.3) is 10.9 Å². The number of H-pyrrole nitrogens is 1. The average molecular weight is 244 g/mol. The first kappa shape index (κ1) is 12.7. The molecule has 0 saturated carbocycles. The minimum atomic E-state index is 0.0312. The highest BCUT2D eigenvalue weighted by atomic mass is 16.1. The van der Waals surface area contributed by atoms with Gasteiger partial charge in [-0.15, -0.1) is 0 Å². The summed E-state index contributed by atoms with van der Waals surface area (Å²) in [6.07, 6.45) is 2.76. The van der Waals surface area contributed by atoms with Crippen LogP contribution in [-0.2, 0) is 6.42 Å². The summed E-state index contributed by atoms with van der Waals surface area (Å²) in [5.74, 6) is 0.499. The zero-order valence-electron chi connectivity index (χ0n) is 11.2. The van der Waals surface area contributed by atoms with Gasteiger partial charge in [0.2, 0.25) is 0 Å². The Hall–Kier alpha value is -1.77. The number of aromatic nitrogens is 1. The van der Waals surface area contributed by atoms with Gasteiger partial charge in [-0.2, -0.15) is 0 Å². The maximum absolute atomic E-state index is 12.2. The van der Waals surface area contributed by atoms with Crippen molar-refractivity contribution in [3.63, 3.8) is 0 Å². The molecule has 18 heavy (non-hydrogen) atoms. The molecule has 0 aliphatic carbocycles. The summed E-state index contributed by atoms with van der Waals surface area (Å²) in [5.41, 5.74) is 2.98. The third-order valence-electron chi connectivity index (χ3n) is 3.07. The van der Waals surface area contributed by atoms with Gasteiger partial charge in [0.25, 0.3) is 5.91 Å². The van der Waals surface area contributed by atoms with Crippen LogP contribution >= 0.6 is 0 Å². The number of carbonyl (C=O) groups excluding carboxylic acids is 1. The summed E-state index contributed by atoms with van der Waals surface area (Å²) in [6, 6.07) is 6.04. The molecule has 0 fully saturated rings. The van der Waals surface area contributed by atoms with Crippen LogP contribution in [0.15, 0.2) is 24.4 Å². The van der Waals surface area contributed by atoms with Crippen LogP contribution in [0.2, 0.25) is 0 Å². The monoisotopic (exact) mass is 244 g/mol. The lowest BCUT2D eigenvalue weighted by atomic mass is 10.0. The smallest absolute Gasteiger partial charge is 0.251 e. The number of amides is 1. The van der Waals surface area contributed by atoms with E-state index in [1.54, 1.807) is 0 Å². The Labute approximate surface area is 108 Å². The van der Waals surface area contributed by atoms with Gasteiger partial charge in [-0.05, 0) is 36.1 Å². The van der Waals surface area contributed by atoms with Crippen LogP contribution in [0, 0.1) is 5.92 Å². The highest BCUT2D eigenvalue weighted by Gasteiger charge is 2.12. The van der Waals surface area contributed by atoms with Crippen LogP contribution in [0.3, 0.4) is 0 Å². The molecule has 1 amide bonds. The fourth-order valence-electron chi connectivity index (χ4n) is 2.04. The zero-order valence-corrected chi connectivity index (χ0v) is 11.2. The largest absolute Gasteiger partial charge is 0.361 e. The quantitative estimate of drug-likeness (QED) is 0.852. The van der Waals surface area contributed by atoms with E-state index in [9.17, 15) is 4.79 Å². The maximum Gasteiger partial charge on any atom is 0.251 e. The third kappa shape index (κ3) is 2.55. The molecule has 0 radical (unpaired) electrons. The lowest BCUT2D eigenvalue weighted by Gasteiger charge is -2.11. The standard InChI is InChI=1S/C15H20N2O/c1-4-11-8-14-12(5-6-16-14)7-13(11)15(18)17-9-10(2)3/h5-8,10,16H,4,9H2,1-3H3,(H,17,18). The molecule has 1 heterocycles. The maximum atomic E-state index is 12.2. The van der Waals surface area contributed by atoms with Crippen molar-refractivity contribution >= 4 is 16.8 Å². The predicted octanol–water partition coefficient (Wildman–Crippen LogP) is 3.12. The highest BCUT2D eigenvalue weighted by molar-refractivity contribution is 5.99. The molecule has 3 heteroatoms. The fraction of sp³-hybridized carbons (Fsp3) is 0.400. The second-order valence-corrected chi connectivity index (χ2v) is 5.03. The Balaban J connectivity index is 2.32. The van der Waals surface area contributed by atoms with Crippen molar-refractivity contribution in [2.75, 3.05) is 6.54 Å². The molecule has 0 atom stereocenters. The summed E-state index contributed by atoms with van der Waals surface area (Å²) in [5, 5.41) is 4.07. The Morgan fingerprint density at radius 3 is 2.83 bits per heavy atom. The molecule has 0 aliphatic heterocycles. The number of fused-ring (bicyclic) bond motifs is 1. The molecule has 1 aromatic carbocycles. The van der Waals surface area contributed by atoms with Crippen LogP contribution in [0.4, 0.5) is 0 Å². The van der Waals surface area contributed by atoms with E-state index in [0.29, 0.717) is 12.5 Å². The normalized spacial score (nSPS) is 11.1. The molecular formula is C15H20N2O. The van der Waals surface area contributed by atoms with E-state index in [0.717, 1.165) is 28.5 Å². The third-order valence-corrected chi connectivity index (χ3v) is 3.07. The molecule has 0 saturated heterocycles. The van der Waals surface area contributed by atoms with Crippen LogP contribution < -0.4 is 5.32 Å². The van der Waals surface area contributed by atoms with Crippen molar-refractivity contribution < 1.29 is 4.79 Å². The van der Waals surface area contributed by atoms with Gasteiger partial charge in [0.05, 0.1) is 0 Å². The summed E-state index contributed by atoms with van der Waals surface area (Å²) in [4.78, 5) is 15.4. The Morgan fingerprint density at radius 2 is 2.17 bits per heavy atom. The average Bonchev–Trinajstić information content (AvgIpc) is 2.81. The first-order valence-corrected chi connectivity index (χ1v) is 6.50. The summed E-state index contributed by atoms with van der Waals surface area (Å²) < 4.78 is 0. The molecule has 0 bridgehead atoms. The van der Waals surface area contributed by atoms with E-state index in [1.807, 2.05) is 18.3 Å². The predicted molar refractivity (Wildman–Crippen MR) is 74.8 cm³/mol. The molecule has 0 unspecified atom stereocenters. The van der Waals surface area contributed by atoms with E-state index < -0.39 is 0 Å². The number of carbonyl (C=O) groups is 1. The van der Waals surface area contributed by atoms with Crippen molar-refractivity contribution in [1.29, 1.82) is 0 Å². The van der Waals surface area contributed by atoms with Crippen molar-refractivity contribution in [1.82, 2.24) is 10.3 Å². The Bertz CT molecular complexity index is 555. The number of hydrogen-bond donors (Lipinski definition) is 2. The lowest BCUT2D eigenvalue weighted by molar-refractivity contribution is 0.0948. The van der Waals surface area contributed by atoms with Gasteiger partial charge in [-0.1, -0.05) is 20.8 Å². The van der Waals surface area contributed by atoms with Crippen molar-refractivity contribution in [3.8, 4) is 0 Å². The van der Waals surface area contributed by atoms with Gasteiger partial charge in [0.15, 0.2) is 0 Å². The minimum Gasteiger partial charge on any atom is -0.361 e. The number of benzene rings is 1. The van der Waals surface area contributed by atoms with Crippen molar-refractivity contribution in [3.05, 3.63) is 35.5 Å². The highest BCUT2D eigenvalue weighted by Crippen LogP contribution is 2.19. The minimum absolute atomic E-state index is 0.0312. The molecule has 2 rings (SSSR count). The first-order chi connectivity index (χ1) is 8.61. The molecule has 96 valence electrons. The molecule has 3 nitrogen and oxygen atoms in total. The number of aromatic amines is 1. The van der Waals surface area contributed by atoms with Crippen LogP contribution in [0.1, 0.15) is 36.7 Å². The zero-order chi connectivity index (χ0) is 13.1. The number of aryl methyl sites for hydroxylation is 1. The summed E-state index contributed by atoms with van der Waals surface area (Å²) in [7, 11) is 0. The lowest BCUT2D eigenvalue weighted by Crippen LogP contribution is -2.28. The van der Waals surface area contributed by atoms with E-state index in [1.165, 1.54) is 0 Å². The SMILES string of the molecule is CCc1cc2[nH]ccc2cc1C(=O)NCC(C)C. The van der Waals surface area contributed by atoms with E-state index in [-0.39, 0.29) is 5.91 Å². The fourth-order valence-corrected chi connectivity index (χ4v) is 2.04. The summed E-state index contributed by atoms with van der Waals surface area (Å²) in [6.45, 7) is 6.98. The van der Waals surface area contributed by atoms with E-state index >= 15 is 0 Å². The van der Waals surface area contributed by atoms with E-state index in [4.69, 9.17) is 0 Å². The van der Waals surface area contributed by atoms with Gasteiger partial charge in [0, 0.05) is 29.2 Å².